The van der Waals surface area contributed by atoms with Gasteiger partial charge in [0.15, 0.2) is 6.61 Å². The van der Waals surface area contributed by atoms with Crippen LogP contribution < -0.4 is 14.8 Å². The fourth-order valence-electron chi connectivity index (χ4n) is 2.82. The topological polar surface area (TPSA) is 47.6 Å². The molecule has 29 heavy (non-hydrogen) atoms. The zero-order valence-electron chi connectivity index (χ0n) is 16.4. The van der Waals surface area contributed by atoms with Crippen LogP contribution in [0.5, 0.6) is 11.5 Å². The van der Waals surface area contributed by atoms with Crippen LogP contribution in [0.15, 0.2) is 77.3 Å². The Kier molecular flexibility index (Phi) is 7.70. The van der Waals surface area contributed by atoms with Crippen LogP contribution in [0.4, 0.5) is 5.69 Å². The molecule has 1 N–H and O–H groups in total. The lowest BCUT2D eigenvalue weighted by Crippen LogP contribution is -2.20. The van der Waals surface area contributed by atoms with E-state index in [1.54, 1.807) is 0 Å². The van der Waals surface area contributed by atoms with Gasteiger partial charge in [-0.05, 0) is 57.7 Å². The average Bonchev–Trinajstić information content (AvgIpc) is 2.74. The molecule has 0 aliphatic carbocycles. The molecule has 1 amide bonds. The van der Waals surface area contributed by atoms with Gasteiger partial charge in [0.2, 0.25) is 0 Å². The highest BCUT2D eigenvalue weighted by Crippen LogP contribution is 2.26. The average molecular weight is 454 g/mol. The van der Waals surface area contributed by atoms with E-state index < -0.39 is 0 Å². The van der Waals surface area contributed by atoms with Crippen molar-refractivity contribution in [2.75, 3.05) is 18.5 Å². The fourth-order valence-corrected chi connectivity index (χ4v) is 3.36. The summed E-state index contributed by atoms with van der Waals surface area (Å²) >= 11 is 3.48. The Morgan fingerprint density at radius 1 is 0.931 bits per heavy atom. The van der Waals surface area contributed by atoms with Gasteiger partial charge in [0, 0.05) is 18.2 Å². The van der Waals surface area contributed by atoms with Crippen LogP contribution in [-0.4, -0.2) is 19.1 Å². The number of rotatable bonds is 9. The monoisotopic (exact) mass is 453 g/mol. The third kappa shape index (κ3) is 6.64. The number of anilines is 1. The zero-order valence-corrected chi connectivity index (χ0v) is 17.9. The molecular weight excluding hydrogens is 430 g/mol. The van der Waals surface area contributed by atoms with Gasteiger partial charge in [0.25, 0.3) is 5.91 Å². The smallest absolute Gasteiger partial charge is 0.262 e. The Hall–Kier alpha value is -2.79. The number of hydrogen-bond acceptors (Lipinski definition) is 3. The summed E-state index contributed by atoms with van der Waals surface area (Å²) in [7, 11) is 0. The molecule has 150 valence electrons. The molecule has 0 heterocycles. The van der Waals surface area contributed by atoms with Crippen LogP contribution in [0.2, 0.25) is 0 Å². The predicted molar refractivity (Wildman–Crippen MR) is 120 cm³/mol. The Balaban J connectivity index is 1.48. The van der Waals surface area contributed by atoms with E-state index in [2.05, 4.69) is 40.3 Å². The van der Waals surface area contributed by atoms with Crippen molar-refractivity contribution in [2.24, 2.45) is 0 Å². The molecule has 3 aromatic rings. The van der Waals surface area contributed by atoms with Crippen LogP contribution >= 0.6 is 15.9 Å². The Bertz CT molecular complexity index is 944. The number of carbonyl (C=O) groups is 1. The summed E-state index contributed by atoms with van der Waals surface area (Å²) in [5.74, 6) is 1.14. The lowest BCUT2D eigenvalue weighted by atomic mass is 10.2. The molecule has 0 spiro atoms. The Morgan fingerprint density at radius 2 is 1.76 bits per heavy atom. The van der Waals surface area contributed by atoms with Crippen molar-refractivity contribution in [3.63, 3.8) is 0 Å². The number of hydrogen-bond donors (Lipinski definition) is 1. The van der Waals surface area contributed by atoms with Crippen molar-refractivity contribution in [3.8, 4) is 11.5 Å². The van der Waals surface area contributed by atoms with Crippen molar-refractivity contribution in [1.82, 2.24) is 0 Å². The first-order valence-corrected chi connectivity index (χ1v) is 10.4. The van der Waals surface area contributed by atoms with E-state index in [0.29, 0.717) is 18.0 Å². The maximum absolute atomic E-state index is 12.2. The summed E-state index contributed by atoms with van der Waals surface area (Å²) in [4.78, 5) is 12.2. The molecule has 0 aliphatic rings. The van der Waals surface area contributed by atoms with Gasteiger partial charge in [-0.2, -0.15) is 0 Å². The normalized spacial score (nSPS) is 10.4. The zero-order chi connectivity index (χ0) is 20.5. The van der Waals surface area contributed by atoms with Crippen LogP contribution in [-0.2, 0) is 17.6 Å². The largest absolute Gasteiger partial charge is 0.493 e. The molecule has 0 fully saturated rings. The Morgan fingerprint density at radius 3 is 2.52 bits per heavy atom. The molecule has 0 bridgehead atoms. The molecule has 0 radical (unpaired) electrons. The van der Waals surface area contributed by atoms with E-state index in [-0.39, 0.29) is 12.5 Å². The quantitative estimate of drug-likeness (QED) is 0.455. The number of halogens is 1. The van der Waals surface area contributed by atoms with Crippen molar-refractivity contribution in [3.05, 3.63) is 88.4 Å². The van der Waals surface area contributed by atoms with Gasteiger partial charge in [0.05, 0.1) is 11.1 Å². The summed E-state index contributed by atoms with van der Waals surface area (Å²) in [6, 6.07) is 23.4. The number of carbonyl (C=O) groups excluding carboxylic acids is 1. The summed E-state index contributed by atoms with van der Waals surface area (Å²) in [5.41, 5.74) is 3.11. The van der Waals surface area contributed by atoms with Gasteiger partial charge in [-0.3, -0.25) is 4.79 Å². The third-order valence-corrected chi connectivity index (χ3v) is 5.00. The van der Waals surface area contributed by atoms with E-state index in [1.165, 1.54) is 11.1 Å². The summed E-state index contributed by atoms with van der Waals surface area (Å²) in [6.07, 6.45) is 1.78. The van der Waals surface area contributed by atoms with E-state index in [1.807, 2.05) is 60.7 Å². The van der Waals surface area contributed by atoms with Gasteiger partial charge < -0.3 is 14.8 Å². The van der Waals surface area contributed by atoms with E-state index in [4.69, 9.17) is 9.47 Å². The van der Waals surface area contributed by atoms with Crippen molar-refractivity contribution < 1.29 is 14.3 Å². The molecule has 5 heteroatoms. The number of aryl methyl sites for hydroxylation is 1. The lowest BCUT2D eigenvalue weighted by Gasteiger charge is -2.11. The van der Waals surface area contributed by atoms with Crippen LogP contribution in [0.3, 0.4) is 0 Å². The minimum atomic E-state index is -0.224. The third-order valence-electron chi connectivity index (χ3n) is 4.38. The molecule has 3 rings (SSSR count). The van der Waals surface area contributed by atoms with E-state index >= 15 is 0 Å². The number of ether oxygens (including phenoxy) is 2. The fraction of sp³-hybridized carbons (Fsp3) is 0.208. The summed E-state index contributed by atoms with van der Waals surface area (Å²) in [5, 5.41) is 2.84. The van der Waals surface area contributed by atoms with Gasteiger partial charge >= 0.3 is 0 Å². The molecule has 0 saturated heterocycles. The molecule has 0 unspecified atom stereocenters. The van der Waals surface area contributed by atoms with Crippen LogP contribution in [0, 0.1) is 0 Å². The minimum Gasteiger partial charge on any atom is -0.493 e. The highest BCUT2D eigenvalue weighted by molar-refractivity contribution is 9.10. The molecule has 0 aromatic heterocycles. The van der Waals surface area contributed by atoms with E-state index in [9.17, 15) is 4.79 Å². The predicted octanol–water partition coefficient (Wildman–Crippen LogP) is 5.65. The van der Waals surface area contributed by atoms with Crippen molar-refractivity contribution in [1.29, 1.82) is 0 Å². The second-order valence-electron chi connectivity index (χ2n) is 6.57. The molecule has 0 aliphatic heterocycles. The maximum Gasteiger partial charge on any atom is 0.262 e. The number of amides is 1. The maximum atomic E-state index is 12.2. The van der Waals surface area contributed by atoms with E-state index in [0.717, 1.165) is 23.1 Å². The standard InChI is InChI=1S/C24H24BrNO3/c1-2-18-11-12-23(22(25)15-18)29-17-24(27)26-20-9-6-10-21(16-20)28-14-13-19-7-4-3-5-8-19/h3-12,15-16H,2,13-14,17H2,1H3,(H,26,27). The number of benzene rings is 3. The first-order valence-electron chi connectivity index (χ1n) is 9.62. The van der Waals surface area contributed by atoms with Crippen molar-refractivity contribution in [2.45, 2.75) is 19.8 Å². The Labute approximate surface area is 180 Å². The van der Waals surface area contributed by atoms with Gasteiger partial charge in [-0.25, -0.2) is 0 Å². The molecule has 0 saturated carbocycles. The summed E-state index contributed by atoms with van der Waals surface area (Å²) < 4.78 is 12.3. The first kappa shape index (κ1) is 20.9. The SMILES string of the molecule is CCc1ccc(OCC(=O)Nc2cccc(OCCc3ccccc3)c2)c(Br)c1. The first-order chi connectivity index (χ1) is 14.1. The van der Waals surface area contributed by atoms with Gasteiger partial charge in [0.1, 0.15) is 11.5 Å². The minimum absolute atomic E-state index is 0.0663. The highest BCUT2D eigenvalue weighted by Gasteiger charge is 2.07. The lowest BCUT2D eigenvalue weighted by molar-refractivity contribution is -0.118. The second-order valence-corrected chi connectivity index (χ2v) is 7.42. The molecule has 4 nitrogen and oxygen atoms in total. The highest BCUT2D eigenvalue weighted by atomic mass is 79.9. The van der Waals surface area contributed by atoms with Crippen LogP contribution in [0.1, 0.15) is 18.1 Å². The molecule has 0 atom stereocenters. The second kappa shape index (κ2) is 10.7. The van der Waals surface area contributed by atoms with Crippen LogP contribution in [0.25, 0.3) is 0 Å². The van der Waals surface area contributed by atoms with Gasteiger partial charge in [-0.1, -0.05) is 49.4 Å². The molecule has 3 aromatic carbocycles. The summed E-state index contributed by atoms with van der Waals surface area (Å²) in [6.45, 7) is 2.60. The van der Waals surface area contributed by atoms with Gasteiger partial charge in [-0.15, -0.1) is 0 Å². The molecular formula is C24H24BrNO3. The number of nitrogens with one attached hydrogen (secondary N) is 1. The van der Waals surface area contributed by atoms with Crippen molar-refractivity contribution >= 4 is 27.5 Å².